The number of fused-ring (bicyclic) bond motifs is 2. The Bertz CT molecular complexity index is 1920. The number of alkyl halides is 3. The van der Waals surface area contributed by atoms with E-state index in [-0.39, 0.29) is 11.1 Å². The van der Waals surface area contributed by atoms with Gasteiger partial charge in [-0.3, -0.25) is 25.0 Å². The van der Waals surface area contributed by atoms with Crippen LogP contribution in [0.5, 0.6) is 17.2 Å². The first kappa shape index (κ1) is 26.8. The van der Waals surface area contributed by atoms with Gasteiger partial charge in [0.05, 0.1) is 26.9 Å². The Morgan fingerprint density at radius 3 is 2.07 bits per heavy atom. The Labute approximate surface area is 225 Å². The molecule has 0 radical (unpaired) electrons. The number of hydrogen-bond donors (Lipinski definition) is 0. The lowest BCUT2D eigenvalue weighted by molar-refractivity contribution is -0.394. The van der Waals surface area contributed by atoms with E-state index in [0.717, 1.165) is 35.7 Å². The third kappa shape index (κ3) is 5.38. The zero-order valence-corrected chi connectivity index (χ0v) is 20.2. The van der Waals surface area contributed by atoms with Gasteiger partial charge in [-0.2, -0.15) is 13.2 Å². The number of nitro benzene ring substituents is 2. The second-order valence-corrected chi connectivity index (χ2v) is 8.50. The van der Waals surface area contributed by atoms with Gasteiger partial charge in [0.15, 0.2) is 0 Å². The Kier molecular flexibility index (Phi) is 6.58. The third-order valence-corrected chi connectivity index (χ3v) is 5.79. The predicted octanol–water partition coefficient (Wildman–Crippen LogP) is 6.79. The first-order chi connectivity index (χ1) is 19.4. The summed E-state index contributed by atoms with van der Waals surface area (Å²) < 4.78 is 57.3. The summed E-state index contributed by atoms with van der Waals surface area (Å²) in [5.41, 5.74) is -3.85. The van der Waals surface area contributed by atoms with E-state index in [4.69, 9.17) is 13.9 Å². The molecule has 0 N–H and O–H groups in total. The maximum absolute atomic E-state index is 13.9. The van der Waals surface area contributed by atoms with Crippen molar-refractivity contribution in [2.75, 3.05) is 0 Å². The highest BCUT2D eigenvalue weighted by Crippen LogP contribution is 2.39. The molecule has 41 heavy (non-hydrogen) atoms. The third-order valence-electron chi connectivity index (χ3n) is 5.79. The molecule has 0 aliphatic carbocycles. The quantitative estimate of drug-likeness (QED) is 0.0935. The van der Waals surface area contributed by atoms with E-state index in [1.54, 1.807) is 30.3 Å². The van der Waals surface area contributed by atoms with Gasteiger partial charge in [-0.25, -0.2) is 4.79 Å². The summed E-state index contributed by atoms with van der Waals surface area (Å²) in [7, 11) is 0. The fraction of sp³-hybridized carbons (Fsp3) is 0.0370. The first-order valence-electron chi connectivity index (χ1n) is 11.4. The zero-order valence-electron chi connectivity index (χ0n) is 20.2. The molecule has 4 aromatic carbocycles. The average molecular weight is 566 g/mol. The number of rotatable bonds is 6. The summed E-state index contributed by atoms with van der Waals surface area (Å²) in [6.45, 7) is 0. The Hall–Kier alpha value is -5.79. The van der Waals surface area contributed by atoms with Crippen molar-refractivity contribution >= 4 is 39.1 Å². The molecule has 0 unspecified atom stereocenters. The largest absolute Gasteiger partial charge is 0.453 e. The minimum atomic E-state index is -5.16. The Balaban J connectivity index is 1.53. The lowest BCUT2D eigenvalue weighted by Gasteiger charge is -2.14. The monoisotopic (exact) mass is 566 g/mol. The van der Waals surface area contributed by atoms with Crippen molar-refractivity contribution in [2.45, 2.75) is 6.18 Å². The van der Waals surface area contributed by atoms with Crippen LogP contribution in [0.1, 0.15) is 16.1 Å². The van der Waals surface area contributed by atoms with Crippen molar-refractivity contribution in [3.63, 3.8) is 0 Å². The van der Waals surface area contributed by atoms with Crippen LogP contribution >= 0.6 is 0 Å². The van der Waals surface area contributed by atoms with E-state index in [9.17, 15) is 43.0 Å². The van der Waals surface area contributed by atoms with Gasteiger partial charge in [0.1, 0.15) is 17.1 Å². The van der Waals surface area contributed by atoms with Crippen LogP contribution in [0.15, 0.2) is 88.1 Å². The molecule has 0 fully saturated rings. The molecule has 1 aromatic heterocycles. The van der Waals surface area contributed by atoms with E-state index in [2.05, 4.69) is 0 Å². The highest BCUT2D eigenvalue weighted by molar-refractivity contribution is 5.93. The van der Waals surface area contributed by atoms with Crippen LogP contribution in [0.2, 0.25) is 0 Å². The normalized spacial score (nSPS) is 11.4. The molecular formula is C27H13F3N2O9. The second-order valence-electron chi connectivity index (χ2n) is 8.50. The molecule has 0 bridgehead atoms. The van der Waals surface area contributed by atoms with E-state index in [0.29, 0.717) is 11.5 Å². The number of esters is 1. The van der Waals surface area contributed by atoms with Crippen LogP contribution in [0.3, 0.4) is 0 Å². The van der Waals surface area contributed by atoms with Crippen molar-refractivity contribution < 1.29 is 41.7 Å². The van der Waals surface area contributed by atoms with Gasteiger partial charge >= 0.3 is 12.1 Å². The Morgan fingerprint density at radius 1 is 0.805 bits per heavy atom. The highest BCUT2D eigenvalue weighted by atomic mass is 19.4. The van der Waals surface area contributed by atoms with E-state index >= 15 is 0 Å². The minimum absolute atomic E-state index is 0.0440. The van der Waals surface area contributed by atoms with Gasteiger partial charge in [0.25, 0.3) is 17.1 Å². The van der Waals surface area contributed by atoms with Gasteiger partial charge in [-0.15, -0.1) is 0 Å². The highest BCUT2D eigenvalue weighted by Gasteiger charge is 2.40. The van der Waals surface area contributed by atoms with Crippen LogP contribution in [0.25, 0.3) is 21.7 Å². The summed E-state index contributed by atoms with van der Waals surface area (Å²) in [5, 5.41) is 23.3. The van der Waals surface area contributed by atoms with Crippen molar-refractivity contribution in [1.29, 1.82) is 0 Å². The van der Waals surface area contributed by atoms with Crippen molar-refractivity contribution in [2.24, 2.45) is 0 Å². The average Bonchev–Trinajstić information content (AvgIpc) is 2.93. The maximum atomic E-state index is 13.9. The Morgan fingerprint density at radius 2 is 1.44 bits per heavy atom. The number of benzene rings is 4. The van der Waals surface area contributed by atoms with Gasteiger partial charge in [-0.05, 0) is 35.0 Å². The van der Waals surface area contributed by atoms with Gasteiger partial charge in [0, 0.05) is 18.2 Å². The maximum Gasteiger partial charge on any atom is 0.453 e. The predicted molar refractivity (Wildman–Crippen MR) is 136 cm³/mol. The number of nitrogens with zero attached hydrogens (tertiary/aromatic N) is 2. The molecule has 0 spiro atoms. The topological polar surface area (TPSA) is 152 Å². The van der Waals surface area contributed by atoms with Gasteiger partial charge < -0.3 is 13.9 Å². The molecule has 5 aromatic rings. The molecular weight excluding hydrogens is 553 g/mol. The number of ether oxygens (including phenoxy) is 2. The second kappa shape index (κ2) is 10.1. The van der Waals surface area contributed by atoms with Gasteiger partial charge in [-0.1, -0.05) is 30.3 Å². The van der Waals surface area contributed by atoms with Crippen molar-refractivity contribution in [3.05, 3.63) is 121 Å². The molecule has 206 valence electrons. The van der Waals surface area contributed by atoms with Crippen molar-refractivity contribution in [1.82, 2.24) is 0 Å². The van der Waals surface area contributed by atoms with Gasteiger partial charge in [0.2, 0.25) is 11.2 Å². The van der Waals surface area contributed by atoms with Crippen LogP contribution in [0, 0.1) is 20.2 Å². The van der Waals surface area contributed by atoms with E-state index in [1.165, 1.54) is 12.1 Å². The number of halogens is 3. The molecule has 0 atom stereocenters. The number of carbonyl (C=O) groups is 1. The molecule has 1 heterocycles. The molecule has 14 heteroatoms. The van der Waals surface area contributed by atoms with Crippen LogP contribution in [-0.4, -0.2) is 15.8 Å². The minimum Gasteiger partial charge on any atom is -0.449 e. The number of hydrogen-bond acceptors (Lipinski definition) is 9. The molecule has 0 saturated heterocycles. The summed E-state index contributed by atoms with van der Waals surface area (Å²) >= 11 is 0. The van der Waals surface area contributed by atoms with E-state index < -0.39 is 67.2 Å². The number of nitro groups is 2. The molecule has 0 amide bonds. The van der Waals surface area contributed by atoms with E-state index in [1.807, 2.05) is 0 Å². The summed E-state index contributed by atoms with van der Waals surface area (Å²) in [6.07, 6.45) is -5.16. The molecule has 0 aliphatic rings. The standard InChI is InChI=1S/C27H13F3N2O9/c28-27(29,30)25-24(39-19-6-5-14-3-1-2-4-15(14)11-19)23(33)21-8-7-20(13-22(21)41-25)40-26(34)16-9-17(31(35)36)12-18(10-16)32(37)38/h1-13H. The van der Waals surface area contributed by atoms with Crippen LogP contribution < -0.4 is 14.9 Å². The zero-order chi connectivity index (χ0) is 29.5. The lowest BCUT2D eigenvalue weighted by atomic mass is 10.1. The smallest absolute Gasteiger partial charge is 0.449 e. The SMILES string of the molecule is O=C(Oc1ccc2c(=O)c(Oc3ccc4ccccc4c3)c(C(F)(F)F)oc2c1)c1cc([N+](=O)[O-])cc([N+](=O)[O-])c1. The summed E-state index contributed by atoms with van der Waals surface area (Å²) in [5.74, 6) is -4.57. The van der Waals surface area contributed by atoms with Crippen LogP contribution in [0.4, 0.5) is 24.5 Å². The van der Waals surface area contributed by atoms with Crippen molar-refractivity contribution in [3.8, 4) is 17.2 Å². The van der Waals surface area contributed by atoms with Crippen LogP contribution in [-0.2, 0) is 6.18 Å². The first-order valence-corrected chi connectivity index (χ1v) is 11.4. The number of carbonyl (C=O) groups excluding carboxylic acids is 1. The lowest BCUT2D eigenvalue weighted by Crippen LogP contribution is -2.15. The number of non-ortho nitro benzene ring substituents is 2. The summed E-state index contributed by atoms with van der Waals surface area (Å²) in [6, 6.07) is 16.5. The molecule has 11 nitrogen and oxygen atoms in total. The summed E-state index contributed by atoms with van der Waals surface area (Å²) in [4.78, 5) is 46.0. The molecule has 5 rings (SSSR count). The fourth-order valence-electron chi connectivity index (χ4n) is 3.94. The molecule has 0 aliphatic heterocycles. The molecule has 0 saturated carbocycles. The fourth-order valence-corrected chi connectivity index (χ4v) is 3.94.